The van der Waals surface area contributed by atoms with Crippen molar-refractivity contribution in [2.75, 3.05) is 24.3 Å². The van der Waals surface area contributed by atoms with Crippen molar-refractivity contribution in [3.63, 3.8) is 0 Å². The summed E-state index contributed by atoms with van der Waals surface area (Å²) < 4.78 is 11.0. The molecule has 0 aliphatic heterocycles. The van der Waals surface area contributed by atoms with E-state index in [1.807, 2.05) is 48.5 Å². The molecule has 0 unspecified atom stereocenters. The predicted octanol–water partition coefficient (Wildman–Crippen LogP) is 6.66. The number of ether oxygens (including phenoxy) is 2. The van der Waals surface area contributed by atoms with E-state index in [1.54, 1.807) is 0 Å². The Morgan fingerprint density at radius 3 is 1.64 bits per heavy atom. The van der Waals surface area contributed by atoms with Crippen LogP contribution in [-0.2, 0) is 9.59 Å². The highest BCUT2D eigenvalue weighted by Gasteiger charge is 2.00. The summed E-state index contributed by atoms with van der Waals surface area (Å²) in [4.78, 5) is 21.6. The highest BCUT2D eigenvalue weighted by atomic mass is 79.9. The van der Waals surface area contributed by atoms with Crippen LogP contribution in [0.25, 0.3) is 0 Å². The van der Waals surface area contributed by atoms with Gasteiger partial charge in [-0.25, -0.2) is 0 Å². The molecule has 0 heterocycles. The van der Waals surface area contributed by atoms with Gasteiger partial charge in [-0.1, -0.05) is 42.6 Å². The van der Waals surface area contributed by atoms with E-state index in [9.17, 15) is 9.59 Å². The molecule has 6 nitrogen and oxygen atoms in total. The summed E-state index contributed by atoms with van der Waals surface area (Å²) in [5.74, 6) is 0.239. The quantitative estimate of drug-likeness (QED) is 0.0871. The molecule has 0 aromatic heterocycles. The third-order valence-electron chi connectivity index (χ3n) is 3.67. The highest BCUT2D eigenvalue weighted by molar-refractivity contribution is 9.09. The van der Waals surface area contributed by atoms with Crippen molar-refractivity contribution in [3.05, 3.63) is 48.5 Å². The monoisotopic (exact) mass is 564 g/mol. The van der Waals surface area contributed by atoms with E-state index >= 15 is 0 Å². The first-order valence-electron chi connectivity index (χ1n) is 10.6. The second-order valence-electron chi connectivity index (χ2n) is 6.58. The number of hydrogen-bond donors (Lipinski definition) is 3. The van der Waals surface area contributed by atoms with Crippen LogP contribution < -0.4 is 9.47 Å². The number of hydrogen-bond acceptors (Lipinski definition) is 6. The molecule has 33 heavy (non-hydrogen) atoms. The molecule has 0 atom stereocenters. The Bertz CT molecular complexity index is 770. The zero-order valence-electron chi connectivity index (χ0n) is 19.0. The number of thioether (sulfide) groups is 1. The predicted molar refractivity (Wildman–Crippen MR) is 141 cm³/mol. The summed E-state index contributed by atoms with van der Waals surface area (Å²) in [5, 5.41) is 16.2. The zero-order chi connectivity index (χ0) is 24.9. The lowest BCUT2D eigenvalue weighted by molar-refractivity contribution is -0.134. The summed E-state index contributed by atoms with van der Waals surface area (Å²) in [5.41, 5.74) is 0. The molecule has 184 valence electrons. The molecule has 0 aliphatic carbocycles. The topological polar surface area (TPSA) is 93.1 Å². The van der Waals surface area contributed by atoms with Crippen LogP contribution in [0.15, 0.2) is 58.3 Å². The second-order valence-corrected chi connectivity index (χ2v) is 8.71. The van der Waals surface area contributed by atoms with E-state index in [0.29, 0.717) is 0 Å². The van der Waals surface area contributed by atoms with E-state index in [4.69, 9.17) is 19.7 Å². The molecule has 2 aromatic carbocycles. The summed E-state index contributed by atoms with van der Waals surface area (Å²) >= 11 is 8.21. The summed E-state index contributed by atoms with van der Waals surface area (Å²) in [7, 11) is 0. The highest BCUT2D eigenvalue weighted by Crippen LogP contribution is 2.21. The molecule has 9 heteroatoms. The van der Waals surface area contributed by atoms with Gasteiger partial charge in [-0.2, -0.15) is 0 Å². The fraction of sp³-hybridized carbons (Fsp3) is 0.417. The van der Waals surface area contributed by atoms with Gasteiger partial charge in [-0.3, -0.25) is 9.59 Å². The number of carbonyl (C=O) groups is 2. The first kappa shape index (κ1) is 31.2. The van der Waals surface area contributed by atoms with Gasteiger partial charge < -0.3 is 19.7 Å². The molecule has 0 saturated carbocycles. The molecule has 0 amide bonds. The molecule has 0 radical (unpaired) electrons. The lowest BCUT2D eigenvalue weighted by Crippen LogP contribution is -1.98. The first-order chi connectivity index (χ1) is 15.8. The van der Waals surface area contributed by atoms with Crippen LogP contribution in [0, 0.1) is 0 Å². The Kier molecular flexibility index (Phi) is 19.6. The molecular formula is C24H33BrO6S2. The van der Waals surface area contributed by atoms with Crippen LogP contribution in [0.3, 0.4) is 0 Å². The number of alkyl halides is 1. The fourth-order valence-electron chi connectivity index (χ4n) is 1.99. The van der Waals surface area contributed by atoms with E-state index in [-0.39, 0.29) is 11.1 Å². The van der Waals surface area contributed by atoms with Crippen molar-refractivity contribution in [3.8, 4) is 11.5 Å². The molecule has 0 aliphatic rings. The van der Waals surface area contributed by atoms with E-state index in [0.717, 1.165) is 53.8 Å². The largest absolute Gasteiger partial charge is 0.494 e. The average Bonchev–Trinajstić information content (AvgIpc) is 2.81. The molecule has 0 fully saturated rings. The van der Waals surface area contributed by atoms with Crippen LogP contribution >= 0.6 is 40.3 Å². The minimum absolute atomic E-state index is 0.0347. The number of aliphatic carboxylic acids is 2. The van der Waals surface area contributed by atoms with Crippen LogP contribution in [0.4, 0.5) is 0 Å². The van der Waals surface area contributed by atoms with Crippen LogP contribution in [0.2, 0.25) is 0 Å². The normalized spacial score (nSPS) is 9.58. The molecule has 0 saturated heterocycles. The van der Waals surface area contributed by atoms with Crippen molar-refractivity contribution in [2.24, 2.45) is 0 Å². The minimum Gasteiger partial charge on any atom is -0.494 e. The average molecular weight is 566 g/mol. The Hall–Kier alpha value is -1.84. The Morgan fingerprint density at radius 1 is 0.848 bits per heavy atom. The third-order valence-corrected chi connectivity index (χ3v) is 5.44. The van der Waals surface area contributed by atoms with Crippen molar-refractivity contribution >= 4 is 52.3 Å². The maximum atomic E-state index is 10.4. The van der Waals surface area contributed by atoms with Gasteiger partial charge >= 0.3 is 11.9 Å². The number of benzene rings is 2. The maximum Gasteiger partial charge on any atom is 0.314 e. The van der Waals surface area contributed by atoms with Gasteiger partial charge in [-0.15, -0.1) is 24.4 Å². The maximum absolute atomic E-state index is 10.4. The van der Waals surface area contributed by atoms with E-state index < -0.39 is 11.9 Å². The third kappa shape index (κ3) is 19.3. The number of carboxylic acid groups (broad SMARTS) is 2. The van der Waals surface area contributed by atoms with Crippen LogP contribution in [0.5, 0.6) is 11.5 Å². The zero-order valence-corrected chi connectivity index (χ0v) is 22.3. The van der Waals surface area contributed by atoms with E-state index in [1.165, 1.54) is 18.2 Å². The SMILES string of the molecule is CCCCOc1ccc(S)cc1.CCCCOc1ccc(S[13CH2][13C](=O)O)cc1.O=[13C](O)[13CH2]Br. The van der Waals surface area contributed by atoms with E-state index in [2.05, 4.69) is 42.4 Å². The lowest BCUT2D eigenvalue weighted by Gasteiger charge is -2.05. The smallest absolute Gasteiger partial charge is 0.314 e. The Morgan fingerprint density at radius 2 is 1.27 bits per heavy atom. The van der Waals surface area contributed by atoms with Gasteiger partial charge in [0.05, 0.1) is 19.0 Å². The van der Waals surface area contributed by atoms with Crippen molar-refractivity contribution in [2.45, 2.75) is 49.3 Å². The van der Waals surface area contributed by atoms with Crippen LogP contribution in [0.1, 0.15) is 39.5 Å². The van der Waals surface area contributed by atoms with Gasteiger partial charge in [0, 0.05) is 9.79 Å². The molecule has 0 spiro atoms. The Labute approximate surface area is 214 Å². The minimum atomic E-state index is -0.829. The van der Waals surface area contributed by atoms with Crippen molar-refractivity contribution in [1.29, 1.82) is 0 Å². The second kappa shape index (κ2) is 20.7. The number of thiol groups is 1. The number of rotatable bonds is 12. The van der Waals surface area contributed by atoms with Gasteiger partial charge in [0.25, 0.3) is 0 Å². The molecule has 2 rings (SSSR count). The van der Waals surface area contributed by atoms with Crippen LogP contribution in [-0.4, -0.2) is 46.4 Å². The lowest BCUT2D eigenvalue weighted by atomic mass is 10.3. The molecule has 2 N–H and O–H groups in total. The molecular weight excluding hydrogens is 532 g/mol. The van der Waals surface area contributed by atoms with Gasteiger partial charge in [0.15, 0.2) is 0 Å². The Balaban J connectivity index is 0.000000530. The summed E-state index contributed by atoms with van der Waals surface area (Å²) in [6.45, 7) is 5.82. The first-order valence-corrected chi connectivity index (χ1v) is 13.1. The number of unbranched alkanes of at least 4 members (excludes halogenated alkanes) is 2. The summed E-state index contributed by atoms with van der Waals surface area (Å²) in [6.07, 6.45) is 4.45. The fourth-order valence-corrected chi connectivity index (χ4v) is 2.76. The standard InChI is InChI=1S/C12H16O3S.C10H14OS.C2H3BrO2/c1-2-3-8-15-10-4-6-11(7-5-10)16-9-12(13)14;1-2-3-8-11-9-4-6-10(12)7-5-9;3-1-2(4)5/h4-7H,2-3,8-9H2,1H3,(H,13,14);4-7,12H,2-3,8H2,1H3;1H2,(H,4,5)/i9+1,12+1;;1+1,2+1. The van der Waals surface area contributed by atoms with Gasteiger partial charge in [-0.05, 0) is 61.4 Å². The number of carboxylic acids is 2. The van der Waals surface area contributed by atoms with Crippen molar-refractivity contribution in [1.82, 2.24) is 0 Å². The van der Waals surface area contributed by atoms with Gasteiger partial charge in [0.1, 0.15) is 16.8 Å². The summed E-state index contributed by atoms with van der Waals surface area (Å²) in [6, 6.07) is 15.3. The van der Waals surface area contributed by atoms with Gasteiger partial charge in [0.2, 0.25) is 0 Å². The number of halogens is 1. The molecule has 2 aromatic rings. The van der Waals surface area contributed by atoms with Crippen molar-refractivity contribution < 1.29 is 29.3 Å². The molecule has 0 bridgehead atoms.